The van der Waals surface area contributed by atoms with Crippen molar-refractivity contribution in [3.8, 4) is 0 Å². The molecule has 0 aliphatic heterocycles. The molecule has 1 fully saturated rings. The molecule has 0 atom stereocenters. The smallest absolute Gasteiger partial charge is 0.372 e. The van der Waals surface area contributed by atoms with Crippen LogP contribution in [0.1, 0.15) is 56.0 Å². The molecule has 2 rings (SSSR count). The highest BCUT2D eigenvalue weighted by molar-refractivity contribution is 5.83. The van der Waals surface area contributed by atoms with Gasteiger partial charge in [-0.15, -0.1) is 0 Å². The zero-order valence-electron chi connectivity index (χ0n) is 9.32. The number of imidazole rings is 1. The quantitative estimate of drug-likeness (QED) is 0.810. The van der Waals surface area contributed by atoms with Crippen molar-refractivity contribution in [2.24, 2.45) is 0 Å². The monoisotopic (exact) mass is 208 g/mol. The van der Waals surface area contributed by atoms with E-state index in [4.69, 9.17) is 5.11 Å². The molecular weight excluding hydrogens is 192 g/mol. The van der Waals surface area contributed by atoms with E-state index < -0.39 is 5.97 Å². The van der Waals surface area contributed by atoms with Crippen molar-refractivity contribution in [1.82, 2.24) is 9.55 Å². The molecule has 1 aromatic rings. The summed E-state index contributed by atoms with van der Waals surface area (Å²) < 4.78 is 1.81. The number of carboxylic acid groups (broad SMARTS) is 1. The Morgan fingerprint density at radius 2 is 2.13 bits per heavy atom. The molecule has 0 radical (unpaired) electrons. The number of aromatic carboxylic acids is 1. The number of nitrogens with zero attached hydrogens (tertiary/aromatic N) is 2. The third kappa shape index (κ3) is 1.89. The van der Waals surface area contributed by atoms with Gasteiger partial charge in [-0.3, -0.25) is 0 Å². The van der Waals surface area contributed by atoms with Crippen LogP contribution < -0.4 is 0 Å². The summed E-state index contributed by atoms with van der Waals surface area (Å²) in [6.07, 6.45) is 4.03. The highest BCUT2D eigenvalue weighted by Gasteiger charge is 2.31. The summed E-state index contributed by atoms with van der Waals surface area (Å²) >= 11 is 0. The molecule has 0 saturated heterocycles. The molecule has 1 heterocycles. The average molecular weight is 208 g/mol. The summed E-state index contributed by atoms with van der Waals surface area (Å²) in [5.74, 6) is -0.750. The van der Waals surface area contributed by atoms with E-state index in [9.17, 15) is 4.79 Å². The molecule has 1 aliphatic carbocycles. The minimum absolute atomic E-state index is 0.0929. The number of carboxylic acids is 1. The second-order valence-corrected chi connectivity index (χ2v) is 5.14. The number of hydrogen-bond acceptors (Lipinski definition) is 2. The van der Waals surface area contributed by atoms with Gasteiger partial charge in [0.2, 0.25) is 5.82 Å². The van der Waals surface area contributed by atoms with Crippen LogP contribution in [0.5, 0.6) is 0 Å². The van der Waals surface area contributed by atoms with Crippen LogP contribution in [0.4, 0.5) is 0 Å². The highest BCUT2D eigenvalue weighted by Crippen LogP contribution is 2.37. The van der Waals surface area contributed by atoms with E-state index in [1.807, 2.05) is 31.5 Å². The SMILES string of the molecule is CC(C)(C)c1cn(C2CC2)c(C(=O)O)n1. The molecule has 82 valence electrons. The van der Waals surface area contributed by atoms with Crippen molar-refractivity contribution in [3.05, 3.63) is 17.7 Å². The van der Waals surface area contributed by atoms with Gasteiger partial charge in [0, 0.05) is 17.7 Å². The highest BCUT2D eigenvalue weighted by atomic mass is 16.4. The molecule has 1 aromatic heterocycles. The Hall–Kier alpha value is -1.32. The minimum Gasteiger partial charge on any atom is -0.475 e. The molecule has 4 nitrogen and oxygen atoms in total. The van der Waals surface area contributed by atoms with Crippen LogP contribution in [-0.4, -0.2) is 20.6 Å². The molecule has 0 amide bonds. The summed E-state index contributed by atoms with van der Waals surface area (Å²) in [6.45, 7) is 6.12. The predicted molar refractivity (Wildman–Crippen MR) is 56.2 cm³/mol. The first-order valence-electron chi connectivity index (χ1n) is 5.22. The fraction of sp³-hybridized carbons (Fsp3) is 0.636. The van der Waals surface area contributed by atoms with Gasteiger partial charge in [0.15, 0.2) is 0 Å². The Morgan fingerprint density at radius 3 is 2.53 bits per heavy atom. The zero-order valence-corrected chi connectivity index (χ0v) is 9.32. The van der Waals surface area contributed by atoms with Gasteiger partial charge < -0.3 is 9.67 Å². The Morgan fingerprint density at radius 1 is 1.53 bits per heavy atom. The third-order valence-electron chi connectivity index (χ3n) is 2.63. The van der Waals surface area contributed by atoms with E-state index >= 15 is 0 Å². The second-order valence-electron chi connectivity index (χ2n) is 5.14. The number of rotatable bonds is 2. The average Bonchev–Trinajstić information content (AvgIpc) is 2.81. The standard InChI is InChI=1S/C11H16N2O2/c1-11(2,3)8-6-13(7-4-5-7)9(12-8)10(14)15/h6-7H,4-5H2,1-3H3,(H,14,15). The first kappa shape index (κ1) is 10.2. The molecule has 4 heteroatoms. The Bertz CT molecular complexity index is 397. The van der Waals surface area contributed by atoms with Crippen molar-refractivity contribution >= 4 is 5.97 Å². The molecular formula is C11H16N2O2. The Kier molecular flexibility index (Phi) is 2.10. The largest absolute Gasteiger partial charge is 0.475 e. The van der Waals surface area contributed by atoms with Crippen molar-refractivity contribution in [2.75, 3.05) is 0 Å². The maximum Gasteiger partial charge on any atom is 0.372 e. The Balaban J connectivity index is 2.44. The van der Waals surface area contributed by atoms with Gasteiger partial charge in [0.05, 0.1) is 5.69 Å². The lowest BCUT2D eigenvalue weighted by molar-refractivity contribution is 0.0677. The van der Waals surface area contributed by atoms with Crippen LogP contribution in [0.2, 0.25) is 0 Å². The summed E-state index contributed by atoms with van der Waals surface area (Å²) in [5, 5.41) is 9.04. The normalized spacial score (nSPS) is 16.7. The van der Waals surface area contributed by atoms with Gasteiger partial charge >= 0.3 is 5.97 Å². The summed E-state index contributed by atoms with van der Waals surface area (Å²) in [5.41, 5.74) is 0.761. The van der Waals surface area contributed by atoms with Crippen LogP contribution in [0.25, 0.3) is 0 Å². The zero-order chi connectivity index (χ0) is 11.2. The molecule has 1 saturated carbocycles. The number of carbonyl (C=O) groups is 1. The van der Waals surface area contributed by atoms with Crippen molar-refractivity contribution in [3.63, 3.8) is 0 Å². The maximum absolute atomic E-state index is 11.0. The third-order valence-corrected chi connectivity index (χ3v) is 2.63. The van der Waals surface area contributed by atoms with Crippen LogP contribution in [0.3, 0.4) is 0 Å². The first-order valence-corrected chi connectivity index (χ1v) is 5.22. The summed E-state index contributed by atoms with van der Waals surface area (Å²) in [7, 11) is 0. The molecule has 0 aromatic carbocycles. The maximum atomic E-state index is 11.0. The van der Waals surface area contributed by atoms with Crippen LogP contribution >= 0.6 is 0 Å². The van der Waals surface area contributed by atoms with E-state index in [2.05, 4.69) is 4.98 Å². The van der Waals surface area contributed by atoms with Crippen LogP contribution in [-0.2, 0) is 5.41 Å². The molecule has 0 bridgehead atoms. The van der Waals surface area contributed by atoms with E-state index in [1.165, 1.54) is 0 Å². The molecule has 0 unspecified atom stereocenters. The lowest BCUT2D eigenvalue weighted by Crippen LogP contribution is -2.12. The fourth-order valence-corrected chi connectivity index (χ4v) is 1.54. The van der Waals surface area contributed by atoms with E-state index in [1.54, 1.807) is 0 Å². The topological polar surface area (TPSA) is 55.1 Å². The summed E-state index contributed by atoms with van der Waals surface area (Å²) in [6, 6.07) is 0.361. The molecule has 15 heavy (non-hydrogen) atoms. The predicted octanol–water partition coefficient (Wildman–Crippen LogP) is 2.21. The van der Waals surface area contributed by atoms with Crippen molar-refractivity contribution in [1.29, 1.82) is 0 Å². The lowest BCUT2D eigenvalue weighted by Gasteiger charge is -2.13. The minimum atomic E-state index is -0.933. The lowest BCUT2D eigenvalue weighted by atomic mass is 9.93. The van der Waals surface area contributed by atoms with Gasteiger partial charge in [-0.25, -0.2) is 9.78 Å². The van der Waals surface area contributed by atoms with E-state index in [0.717, 1.165) is 18.5 Å². The number of hydrogen-bond donors (Lipinski definition) is 1. The van der Waals surface area contributed by atoms with Crippen LogP contribution in [0.15, 0.2) is 6.20 Å². The summed E-state index contributed by atoms with van der Waals surface area (Å²) in [4.78, 5) is 15.2. The Labute approximate surface area is 88.9 Å². The van der Waals surface area contributed by atoms with E-state index in [0.29, 0.717) is 6.04 Å². The van der Waals surface area contributed by atoms with Gasteiger partial charge in [-0.2, -0.15) is 0 Å². The van der Waals surface area contributed by atoms with Gasteiger partial charge in [-0.1, -0.05) is 20.8 Å². The van der Waals surface area contributed by atoms with Gasteiger partial charge in [0.25, 0.3) is 0 Å². The van der Waals surface area contributed by atoms with E-state index in [-0.39, 0.29) is 11.2 Å². The fourth-order valence-electron chi connectivity index (χ4n) is 1.54. The number of aromatic nitrogens is 2. The first-order chi connectivity index (χ1) is 6.89. The second kappa shape index (κ2) is 3.08. The van der Waals surface area contributed by atoms with Crippen molar-refractivity contribution < 1.29 is 9.90 Å². The van der Waals surface area contributed by atoms with Crippen molar-refractivity contribution in [2.45, 2.75) is 45.1 Å². The van der Waals surface area contributed by atoms with Crippen LogP contribution in [0, 0.1) is 0 Å². The van der Waals surface area contributed by atoms with Gasteiger partial charge in [-0.05, 0) is 12.8 Å². The molecule has 1 N–H and O–H groups in total. The van der Waals surface area contributed by atoms with Gasteiger partial charge in [0.1, 0.15) is 0 Å². The molecule has 1 aliphatic rings. The molecule has 0 spiro atoms.